The fraction of sp³-hybridized carbons (Fsp3) is 1.00. The lowest BCUT2D eigenvalue weighted by molar-refractivity contribution is 0.0651. The van der Waals surface area contributed by atoms with E-state index >= 15 is 0 Å². The average molecular weight is 144 g/mol. The van der Waals surface area contributed by atoms with E-state index in [2.05, 4.69) is 6.92 Å². The second-order valence-electron chi connectivity index (χ2n) is 2.78. The normalized spacial score (nSPS) is 29.7. The van der Waals surface area contributed by atoms with Gasteiger partial charge in [0.25, 0.3) is 0 Å². The molecule has 0 N–H and O–H groups in total. The standard InChI is InChI=1S/C7H16OSi/c1-2-9-7-5-3-4-6-8-7/h7H,2-6,9H2,1H3/t7-/m1/s1. The summed E-state index contributed by atoms with van der Waals surface area (Å²) in [7, 11) is 0.154. The van der Waals surface area contributed by atoms with Gasteiger partial charge in [-0.1, -0.05) is 13.0 Å². The molecule has 0 spiro atoms. The lowest BCUT2D eigenvalue weighted by atomic mass is 10.2. The van der Waals surface area contributed by atoms with E-state index in [0.29, 0.717) is 0 Å². The van der Waals surface area contributed by atoms with Crippen molar-refractivity contribution >= 4 is 9.52 Å². The van der Waals surface area contributed by atoms with Gasteiger partial charge in [0.05, 0.1) is 9.52 Å². The molecule has 0 bridgehead atoms. The highest BCUT2D eigenvalue weighted by Crippen LogP contribution is 2.11. The van der Waals surface area contributed by atoms with Gasteiger partial charge < -0.3 is 4.74 Å². The summed E-state index contributed by atoms with van der Waals surface area (Å²) < 4.78 is 5.58. The van der Waals surface area contributed by atoms with Crippen LogP contribution in [0.2, 0.25) is 6.04 Å². The molecule has 0 radical (unpaired) electrons. The maximum atomic E-state index is 5.58. The highest BCUT2D eigenvalue weighted by molar-refractivity contribution is 6.37. The minimum absolute atomic E-state index is 0.154. The molecule has 0 saturated carbocycles. The monoisotopic (exact) mass is 144 g/mol. The van der Waals surface area contributed by atoms with Crippen LogP contribution in [-0.2, 0) is 4.74 Å². The first kappa shape index (κ1) is 7.29. The zero-order chi connectivity index (χ0) is 6.53. The van der Waals surface area contributed by atoms with Gasteiger partial charge in [0, 0.05) is 12.3 Å². The Morgan fingerprint density at radius 3 is 3.00 bits per heavy atom. The van der Waals surface area contributed by atoms with Gasteiger partial charge in [-0.3, -0.25) is 0 Å². The Morgan fingerprint density at radius 1 is 1.56 bits per heavy atom. The van der Waals surface area contributed by atoms with Crippen molar-refractivity contribution in [2.45, 2.75) is 38.0 Å². The molecular weight excluding hydrogens is 128 g/mol. The Bertz CT molecular complexity index is 66.6. The molecule has 1 heterocycles. The van der Waals surface area contributed by atoms with Gasteiger partial charge in [-0.15, -0.1) is 0 Å². The molecule has 0 aromatic heterocycles. The van der Waals surface area contributed by atoms with Crippen LogP contribution in [0.4, 0.5) is 0 Å². The second kappa shape index (κ2) is 4.07. The number of ether oxygens (including phenoxy) is 1. The Hall–Kier alpha value is 0.177. The molecule has 0 amide bonds. The molecule has 1 saturated heterocycles. The van der Waals surface area contributed by atoms with Crippen molar-refractivity contribution in [3.05, 3.63) is 0 Å². The van der Waals surface area contributed by atoms with Gasteiger partial charge in [0.15, 0.2) is 0 Å². The molecule has 9 heavy (non-hydrogen) atoms. The third kappa shape index (κ3) is 2.50. The van der Waals surface area contributed by atoms with Gasteiger partial charge in [-0.05, 0) is 19.3 Å². The summed E-state index contributed by atoms with van der Waals surface area (Å²) in [5, 5.41) is 0. The van der Waals surface area contributed by atoms with Gasteiger partial charge >= 0.3 is 0 Å². The Kier molecular flexibility index (Phi) is 3.29. The molecule has 0 aliphatic carbocycles. The maximum Gasteiger partial charge on any atom is 0.0553 e. The number of hydrogen-bond acceptors (Lipinski definition) is 1. The minimum atomic E-state index is 0.154. The van der Waals surface area contributed by atoms with Crippen LogP contribution in [0.3, 0.4) is 0 Å². The Labute approximate surface area is 59.6 Å². The molecule has 1 nitrogen and oxygen atoms in total. The molecule has 1 rings (SSSR count). The first-order valence-corrected chi connectivity index (χ1v) is 5.86. The average Bonchev–Trinajstić information content (AvgIpc) is 1.91. The van der Waals surface area contributed by atoms with Crippen LogP contribution in [-0.4, -0.2) is 21.9 Å². The van der Waals surface area contributed by atoms with E-state index in [1.165, 1.54) is 25.3 Å². The molecule has 0 aromatic carbocycles. The predicted octanol–water partition coefficient (Wildman–Crippen LogP) is 1.12. The molecule has 54 valence electrons. The summed E-state index contributed by atoms with van der Waals surface area (Å²) in [4.78, 5) is 0. The lowest BCUT2D eigenvalue weighted by Gasteiger charge is -2.21. The first-order chi connectivity index (χ1) is 4.43. The molecule has 1 fully saturated rings. The van der Waals surface area contributed by atoms with Crippen LogP contribution in [0, 0.1) is 0 Å². The third-order valence-electron chi connectivity index (χ3n) is 1.88. The van der Waals surface area contributed by atoms with Crippen molar-refractivity contribution in [1.82, 2.24) is 0 Å². The van der Waals surface area contributed by atoms with E-state index in [1.807, 2.05) is 0 Å². The highest BCUT2D eigenvalue weighted by atomic mass is 28.2. The van der Waals surface area contributed by atoms with Crippen molar-refractivity contribution in [1.29, 1.82) is 0 Å². The summed E-state index contributed by atoms with van der Waals surface area (Å²) >= 11 is 0. The van der Waals surface area contributed by atoms with Crippen molar-refractivity contribution in [2.75, 3.05) is 6.61 Å². The molecule has 1 aliphatic rings. The summed E-state index contributed by atoms with van der Waals surface area (Å²) in [6.45, 7) is 3.32. The molecule has 1 atom stereocenters. The largest absolute Gasteiger partial charge is 0.382 e. The summed E-state index contributed by atoms with van der Waals surface area (Å²) in [6, 6.07) is 1.41. The van der Waals surface area contributed by atoms with Gasteiger partial charge in [-0.2, -0.15) is 0 Å². The van der Waals surface area contributed by atoms with E-state index in [0.717, 1.165) is 12.3 Å². The highest BCUT2D eigenvalue weighted by Gasteiger charge is 2.11. The maximum absolute atomic E-state index is 5.58. The quantitative estimate of drug-likeness (QED) is 0.528. The van der Waals surface area contributed by atoms with Gasteiger partial charge in [-0.25, -0.2) is 0 Å². The van der Waals surface area contributed by atoms with Crippen molar-refractivity contribution < 1.29 is 4.74 Å². The second-order valence-corrected chi connectivity index (χ2v) is 5.27. The van der Waals surface area contributed by atoms with Crippen LogP contribution in [0.1, 0.15) is 26.2 Å². The Morgan fingerprint density at radius 2 is 2.44 bits per heavy atom. The van der Waals surface area contributed by atoms with Gasteiger partial charge in [0.1, 0.15) is 0 Å². The lowest BCUT2D eigenvalue weighted by Crippen LogP contribution is -2.24. The summed E-state index contributed by atoms with van der Waals surface area (Å²) in [5.74, 6) is 0. The zero-order valence-electron chi connectivity index (χ0n) is 6.23. The van der Waals surface area contributed by atoms with E-state index in [4.69, 9.17) is 4.74 Å². The number of rotatable bonds is 2. The minimum Gasteiger partial charge on any atom is -0.382 e. The van der Waals surface area contributed by atoms with Crippen LogP contribution in [0.5, 0.6) is 0 Å². The topological polar surface area (TPSA) is 9.23 Å². The SMILES string of the molecule is CC[SiH2][C@@H]1CCCCO1. The summed E-state index contributed by atoms with van der Waals surface area (Å²) in [6.07, 6.45) is 4.08. The fourth-order valence-corrected chi connectivity index (χ4v) is 2.91. The first-order valence-electron chi connectivity index (χ1n) is 4.05. The van der Waals surface area contributed by atoms with Crippen molar-refractivity contribution in [3.8, 4) is 0 Å². The third-order valence-corrected chi connectivity index (χ3v) is 3.75. The summed E-state index contributed by atoms with van der Waals surface area (Å²) in [5.41, 5.74) is 0.740. The molecule has 0 aromatic rings. The van der Waals surface area contributed by atoms with E-state index < -0.39 is 0 Å². The number of hydrogen-bond donors (Lipinski definition) is 0. The van der Waals surface area contributed by atoms with Crippen molar-refractivity contribution in [2.24, 2.45) is 0 Å². The van der Waals surface area contributed by atoms with E-state index in [9.17, 15) is 0 Å². The fourth-order valence-electron chi connectivity index (χ4n) is 1.36. The molecular formula is C7H16OSi. The Balaban J connectivity index is 2.08. The zero-order valence-corrected chi connectivity index (χ0v) is 7.64. The molecule has 0 unspecified atom stereocenters. The van der Waals surface area contributed by atoms with Crippen LogP contribution in [0.15, 0.2) is 0 Å². The predicted molar refractivity (Wildman–Crippen MR) is 42.6 cm³/mol. The molecule has 1 aliphatic heterocycles. The van der Waals surface area contributed by atoms with E-state index in [1.54, 1.807) is 0 Å². The van der Waals surface area contributed by atoms with Crippen LogP contribution in [0.25, 0.3) is 0 Å². The molecule has 2 heteroatoms. The van der Waals surface area contributed by atoms with E-state index in [-0.39, 0.29) is 9.52 Å². The van der Waals surface area contributed by atoms with Crippen LogP contribution < -0.4 is 0 Å². The van der Waals surface area contributed by atoms with Gasteiger partial charge in [0.2, 0.25) is 0 Å². The smallest absolute Gasteiger partial charge is 0.0553 e. The van der Waals surface area contributed by atoms with Crippen LogP contribution >= 0.6 is 0 Å². The van der Waals surface area contributed by atoms with Crippen molar-refractivity contribution in [3.63, 3.8) is 0 Å².